The third-order valence-corrected chi connectivity index (χ3v) is 3.88. The first-order chi connectivity index (χ1) is 8.86. The molecule has 96 valence electrons. The van der Waals surface area contributed by atoms with E-state index >= 15 is 0 Å². The summed E-state index contributed by atoms with van der Waals surface area (Å²) in [7, 11) is 0. The van der Waals surface area contributed by atoms with Crippen molar-refractivity contribution < 1.29 is 0 Å². The van der Waals surface area contributed by atoms with Crippen LogP contribution in [0.5, 0.6) is 0 Å². The smallest absolute Gasteiger partial charge is 0.0582 e. The Morgan fingerprint density at radius 3 is 2.61 bits per heavy atom. The van der Waals surface area contributed by atoms with Gasteiger partial charge in [0.1, 0.15) is 0 Å². The van der Waals surface area contributed by atoms with Crippen molar-refractivity contribution in [2.75, 3.05) is 6.54 Å². The largest absolute Gasteiger partial charge is 0.303 e. The van der Waals surface area contributed by atoms with Crippen LogP contribution in [-0.2, 0) is 0 Å². The molecule has 0 aromatic heterocycles. The topological polar surface area (TPSA) is 12.0 Å². The van der Waals surface area contributed by atoms with Gasteiger partial charge in [-0.2, -0.15) is 0 Å². The zero-order valence-corrected chi connectivity index (χ0v) is 11.3. The van der Waals surface area contributed by atoms with Crippen molar-refractivity contribution in [3.8, 4) is 11.8 Å². The van der Waals surface area contributed by atoms with Crippen LogP contribution in [0.4, 0.5) is 0 Å². The summed E-state index contributed by atoms with van der Waals surface area (Å²) < 4.78 is 0. The molecule has 1 aliphatic rings. The van der Waals surface area contributed by atoms with Crippen molar-refractivity contribution in [3.63, 3.8) is 0 Å². The number of nitrogens with one attached hydrogen (secondary N) is 1. The summed E-state index contributed by atoms with van der Waals surface area (Å²) >= 11 is 0. The molecule has 0 saturated heterocycles. The van der Waals surface area contributed by atoms with Gasteiger partial charge in [0, 0.05) is 11.6 Å². The van der Waals surface area contributed by atoms with E-state index < -0.39 is 0 Å². The van der Waals surface area contributed by atoms with E-state index in [4.69, 9.17) is 0 Å². The van der Waals surface area contributed by atoms with Crippen LogP contribution in [0.2, 0.25) is 0 Å². The van der Waals surface area contributed by atoms with Gasteiger partial charge >= 0.3 is 0 Å². The lowest BCUT2D eigenvalue weighted by molar-refractivity contribution is 0.287. The van der Waals surface area contributed by atoms with E-state index in [0.717, 1.165) is 18.0 Å². The zero-order chi connectivity index (χ0) is 12.6. The molecule has 0 spiro atoms. The zero-order valence-electron chi connectivity index (χ0n) is 11.3. The summed E-state index contributed by atoms with van der Waals surface area (Å²) in [6.45, 7) is 3.10. The van der Waals surface area contributed by atoms with Gasteiger partial charge in [0.05, 0.1) is 6.54 Å². The van der Waals surface area contributed by atoms with Gasteiger partial charge in [-0.25, -0.2) is 0 Å². The summed E-state index contributed by atoms with van der Waals surface area (Å²) in [4.78, 5) is 0. The molecule has 1 nitrogen and oxygen atoms in total. The van der Waals surface area contributed by atoms with Gasteiger partial charge in [0.2, 0.25) is 0 Å². The molecule has 2 rings (SSSR count). The Kier molecular flexibility index (Phi) is 5.30. The Morgan fingerprint density at radius 2 is 1.89 bits per heavy atom. The van der Waals surface area contributed by atoms with Crippen molar-refractivity contribution in [2.24, 2.45) is 5.92 Å². The molecule has 1 fully saturated rings. The molecule has 0 radical (unpaired) electrons. The van der Waals surface area contributed by atoms with Crippen molar-refractivity contribution in [3.05, 3.63) is 35.9 Å². The van der Waals surface area contributed by atoms with Crippen LogP contribution in [0.25, 0.3) is 0 Å². The van der Waals surface area contributed by atoms with Crippen LogP contribution in [-0.4, -0.2) is 12.6 Å². The van der Waals surface area contributed by atoms with Crippen LogP contribution in [0.1, 0.15) is 44.6 Å². The summed E-state index contributed by atoms with van der Waals surface area (Å²) in [6, 6.07) is 10.8. The van der Waals surface area contributed by atoms with Crippen molar-refractivity contribution in [2.45, 2.75) is 45.1 Å². The molecular formula is C17H23N. The second-order valence-electron chi connectivity index (χ2n) is 5.24. The van der Waals surface area contributed by atoms with Crippen molar-refractivity contribution in [1.29, 1.82) is 0 Å². The predicted molar refractivity (Wildman–Crippen MR) is 77.4 cm³/mol. The van der Waals surface area contributed by atoms with E-state index in [-0.39, 0.29) is 0 Å². The highest BCUT2D eigenvalue weighted by Gasteiger charge is 2.18. The lowest BCUT2D eigenvalue weighted by Crippen LogP contribution is -2.34. The van der Waals surface area contributed by atoms with Crippen LogP contribution < -0.4 is 5.32 Å². The van der Waals surface area contributed by atoms with Gasteiger partial charge in [-0.1, -0.05) is 49.3 Å². The average molecular weight is 241 g/mol. The predicted octanol–water partition coefficient (Wildman–Crippen LogP) is 3.60. The fourth-order valence-corrected chi connectivity index (χ4v) is 2.68. The minimum Gasteiger partial charge on any atom is -0.303 e. The van der Waals surface area contributed by atoms with E-state index in [9.17, 15) is 0 Å². The number of hydrogen-bond acceptors (Lipinski definition) is 1. The van der Waals surface area contributed by atoms with E-state index in [0.29, 0.717) is 6.04 Å². The van der Waals surface area contributed by atoms with E-state index in [2.05, 4.69) is 36.2 Å². The maximum atomic E-state index is 3.55. The second-order valence-corrected chi connectivity index (χ2v) is 5.24. The van der Waals surface area contributed by atoms with Gasteiger partial charge in [-0.3, -0.25) is 0 Å². The van der Waals surface area contributed by atoms with Crippen LogP contribution in [0.3, 0.4) is 0 Å². The Labute approximate surface area is 111 Å². The molecule has 0 aliphatic heterocycles. The van der Waals surface area contributed by atoms with Gasteiger partial charge in [-0.15, -0.1) is 0 Å². The third-order valence-electron chi connectivity index (χ3n) is 3.88. The Hall–Kier alpha value is -1.26. The van der Waals surface area contributed by atoms with Gasteiger partial charge in [0.15, 0.2) is 0 Å². The minimum absolute atomic E-state index is 0.607. The van der Waals surface area contributed by atoms with Crippen LogP contribution in [0, 0.1) is 17.8 Å². The van der Waals surface area contributed by atoms with Gasteiger partial charge in [-0.05, 0) is 37.8 Å². The Morgan fingerprint density at radius 1 is 1.17 bits per heavy atom. The Balaban J connectivity index is 1.73. The molecule has 0 heterocycles. The SMILES string of the molecule is C[C@@H](NCC#Cc1ccccc1)C1CCCCC1. The molecule has 18 heavy (non-hydrogen) atoms. The lowest BCUT2D eigenvalue weighted by Gasteiger charge is -2.27. The van der Waals surface area contributed by atoms with Crippen LogP contribution in [0.15, 0.2) is 30.3 Å². The number of hydrogen-bond donors (Lipinski definition) is 1. The highest BCUT2D eigenvalue weighted by atomic mass is 14.9. The summed E-state index contributed by atoms with van der Waals surface area (Å²) in [5.74, 6) is 7.26. The quantitative estimate of drug-likeness (QED) is 0.797. The normalized spacial score (nSPS) is 17.8. The monoisotopic (exact) mass is 241 g/mol. The lowest BCUT2D eigenvalue weighted by atomic mass is 9.84. The molecule has 1 heteroatoms. The fraction of sp³-hybridized carbons (Fsp3) is 0.529. The maximum Gasteiger partial charge on any atom is 0.0582 e. The van der Waals surface area contributed by atoms with E-state index in [1.165, 1.54) is 32.1 Å². The van der Waals surface area contributed by atoms with E-state index in [1.54, 1.807) is 0 Å². The molecule has 1 atom stereocenters. The molecular weight excluding hydrogens is 218 g/mol. The number of benzene rings is 1. The molecule has 0 amide bonds. The summed E-state index contributed by atoms with van der Waals surface area (Å²) in [6.07, 6.45) is 7.02. The minimum atomic E-state index is 0.607. The first-order valence-electron chi connectivity index (χ1n) is 7.13. The second kappa shape index (κ2) is 7.24. The van der Waals surface area contributed by atoms with Crippen LogP contribution >= 0.6 is 0 Å². The molecule has 1 aliphatic carbocycles. The van der Waals surface area contributed by atoms with E-state index in [1.807, 2.05) is 18.2 Å². The maximum absolute atomic E-state index is 3.55. The highest BCUT2D eigenvalue weighted by Crippen LogP contribution is 2.26. The third kappa shape index (κ3) is 4.20. The average Bonchev–Trinajstić information content (AvgIpc) is 2.45. The molecule has 1 aromatic carbocycles. The molecule has 0 unspecified atom stereocenters. The first kappa shape index (κ1) is 13.2. The Bertz CT molecular complexity index is 393. The first-order valence-corrected chi connectivity index (χ1v) is 7.13. The van der Waals surface area contributed by atoms with Crippen molar-refractivity contribution >= 4 is 0 Å². The van der Waals surface area contributed by atoms with Crippen molar-refractivity contribution in [1.82, 2.24) is 5.32 Å². The fourth-order valence-electron chi connectivity index (χ4n) is 2.68. The molecule has 1 saturated carbocycles. The van der Waals surface area contributed by atoms with Gasteiger partial charge < -0.3 is 5.32 Å². The molecule has 0 bridgehead atoms. The highest BCUT2D eigenvalue weighted by molar-refractivity contribution is 5.33. The standard InChI is InChI=1S/C17H23N/c1-15(17-12-6-3-7-13-17)18-14-8-11-16-9-4-2-5-10-16/h2,4-5,9-10,15,17-18H,3,6-7,12-14H2,1H3/t15-/m1/s1. The summed E-state index contributed by atoms with van der Waals surface area (Å²) in [5.41, 5.74) is 1.10. The summed E-state index contributed by atoms with van der Waals surface area (Å²) in [5, 5.41) is 3.55. The number of rotatable bonds is 3. The molecule has 1 aromatic rings. The molecule has 1 N–H and O–H groups in total. The van der Waals surface area contributed by atoms with Gasteiger partial charge in [0.25, 0.3) is 0 Å².